The summed E-state index contributed by atoms with van der Waals surface area (Å²) in [5, 5.41) is 3.67. The molecule has 2 rings (SSSR count). The van der Waals surface area contributed by atoms with Gasteiger partial charge in [0.05, 0.1) is 5.02 Å². The largest absolute Gasteiger partial charge is 0.317 e. The molecule has 1 aromatic rings. The van der Waals surface area contributed by atoms with Crippen LogP contribution in [0.15, 0.2) is 23.1 Å². The van der Waals surface area contributed by atoms with E-state index in [9.17, 15) is 8.42 Å². The number of nitrogens with zero attached hydrogens (tertiary/aromatic N) is 1. The van der Waals surface area contributed by atoms with Gasteiger partial charge in [0.1, 0.15) is 4.90 Å². The SMILES string of the molecule is CCNCC1CCN(S(=O)(=O)c2cccc(C)c2Cl)CC1.Cl. The lowest BCUT2D eigenvalue weighted by atomic mass is 9.98. The smallest absolute Gasteiger partial charge is 0.244 e. The lowest BCUT2D eigenvalue weighted by molar-refractivity contribution is 0.268. The van der Waals surface area contributed by atoms with Crippen LogP contribution < -0.4 is 5.32 Å². The zero-order chi connectivity index (χ0) is 15.5. The molecular formula is C15H24Cl2N2O2S. The molecule has 1 heterocycles. The Hall–Kier alpha value is -0.330. The van der Waals surface area contributed by atoms with Gasteiger partial charge in [-0.05, 0) is 50.4 Å². The van der Waals surface area contributed by atoms with Gasteiger partial charge in [-0.15, -0.1) is 12.4 Å². The Balaban J connectivity index is 0.00000242. The highest BCUT2D eigenvalue weighted by Crippen LogP contribution is 2.29. The first-order valence-electron chi connectivity index (χ1n) is 7.42. The molecule has 0 saturated carbocycles. The van der Waals surface area contributed by atoms with Gasteiger partial charge in [0.15, 0.2) is 0 Å². The number of nitrogens with one attached hydrogen (secondary N) is 1. The van der Waals surface area contributed by atoms with Crippen molar-refractivity contribution in [2.75, 3.05) is 26.2 Å². The van der Waals surface area contributed by atoms with Gasteiger partial charge in [0.25, 0.3) is 0 Å². The molecule has 1 aliphatic heterocycles. The fraction of sp³-hybridized carbons (Fsp3) is 0.600. The van der Waals surface area contributed by atoms with Gasteiger partial charge < -0.3 is 5.32 Å². The number of benzene rings is 1. The van der Waals surface area contributed by atoms with E-state index in [0.29, 0.717) is 24.0 Å². The van der Waals surface area contributed by atoms with E-state index < -0.39 is 10.0 Å². The summed E-state index contributed by atoms with van der Waals surface area (Å²) in [4.78, 5) is 0.231. The van der Waals surface area contributed by atoms with Crippen LogP contribution in [0.3, 0.4) is 0 Å². The Bertz CT molecular complexity index is 585. The highest BCUT2D eigenvalue weighted by molar-refractivity contribution is 7.89. The van der Waals surface area contributed by atoms with Crippen molar-refractivity contribution in [1.29, 1.82) is 0 Å². The van der Waals surface area contributed by atoms with Crippen LogP contribution in [0.5, 0.6) is 0 Å². The first-order chi connectivity index (χ1) is 9.96. The third-order valence-electron chi connectivity index (χ3n) is 4.03. The van der Waals surface area contributed by atoms with Gasteiger partial charge in [-0.2, -0.15) is 4.31 Å². The third kappa shape index (κ3) is 4.36. The second kappa shape index (κ2) is 8.50. The maximum absolute atomic E-state index is 12.7. The molecular weight excluding hydrogens is 343 g/mol. The predicted octanol–water partition coefficient (Wildman–Crippen LogP) is 3.08. The van der Waals surface area contributed by atoms with Crippen molar-refractivity contribution in [1.82, 2.24) is 9.62 Å². The van der Waals surface area contributed by atoms with E-state index >= 15 is 0 Å². The van der Waals surface area contributed by atoms with E-state index in [1.165, 1.54) is 0 Å². The molecule has 126 valence electrons. The van der Waals surface area contributed by atoms with E-state index in [4.69, 9.17) is 11.6 Å². The zero-order valence-electron chi connectivity index (χ0n) is 13.0. The Kier molecular flexibility index (Phi) is 7.62. The molecule has 7 heteroatoms. The number of aryl methyl sites for hydroxylation is 1. The molecule has 0 amide bonds. The van der Waals surface area contributed by atoms with Gasteiger partial charge in [0.2, 0.25) is 10.0 Å². The molecule has 0 aromatic heterocycles. The molecule has 0 bridgehead atoms. The molecule has 1 aromatic carbocycles. The van der Waals surface area contributed by atoms with Crippen molar-refractivity contribution >= 4 is 34.0 Å². The molecule has 1 saturated heterocycles. The van der Waals surface area contributed by atoms with Gasteiger partial charge in [-0.3, -0.25) is 0 Å². The molecule has 1 aliphatic rings. The molecule has 0 radical (unpaired) electrons. The minimum Gasteiger partial charge on any atom is -0.317 e. The minimum atomic E-state index is -3.48. The molecule has 0 aliphatic carbocycles. The minimum absolute atomic E-state index is 0. The maximum Gasteiger partial charge on any atom is 0.244 e. The zero-order valence-corrected chi connectivity index (χ0v) is 15.4. The van der Waals surface area contributed by atoms with Crippen molar-refractivity contribution in [2.45, 2.75) is 31.6 Å². The highest BCUT2D eigenvalue weighted by Gasteiger charge is 2.30. The summed E-state index contributed by atoms with van der Waals surface area (Å²) in [6.07, 6.45) is 1.80. The molecule has 1 fully saturated rings. The van der Waals surface area contributed by atoms with E-state index in [1.807, 2.05) is 13.0 Å². The van der Waals surface area contributed by atoms with Crippen molar-refractivity contribution in [3.05, 3.63) is 28.8 Å². The van der Waals surface area contributed by atoms with Gasteiger partial charge in [-0.25, -0.2) is 8.42 Å². The van der Waals surface area contributed by atoms with Crippen molar-refractivity contribution in [2.24, 2.45) is 5.92 Å². The lowest BCUT2D eigenvalue weighted by Crippen LogP contribution is -2.40. The third-order valence-corrected chi connectivity index (χ3v) is 6.59. The predicted molar refractivity (Wildman–Crippen MR) is 93.5 cm³/mol. The van der Waals surface area contributed by atoms with Crippen LogP contribution in [-0.4, -0.2) is 38.9 Å². The van der Waals surface area contributed by atoms with E-state index in [-0.39, 0.29) is 17.3 Å². The first kappa shape index (κ1) is 19.7. The summed E-state index contributed by atoms with van der Waals surface area (Å²) in [6, 6.07) is 5.16. The van der Waals surface area contributed by atoms with Gasteiger partial charge in [0, 0.05) is 13.1 Å². The maximum atomic E-state index is 12.7. The van der Waals surface area contributed by atoms with E-state index in [2.05, 4.69) is 12.2 Å². The highest BCUT2D eigenvalue weighted by atomic mass is 35.5. The molecule has 0 unspecified atom stereocenters. The molecule has 0 spiro atoms. The first-order valence-corrected chi connectivity index (χ1v) is 9.24. The summed E-state index contributed by atoms with van der Waals surface area (Å²) in [6.45, 7) is 6.97. The number of rotatable bonds is 5. The van der Waals surface area contributed by atoms with Crippen LogP contribution in [-0.2, 0) is 10.0 Å². The van der Waals surface area contributed by atoms with E-state index in [1.54, 1.807) is 16.4 Å². The van der Waals surface area contributed by atoms with E-state index in [0.717, 1.165) is 31.5 Å². The van der Waals surface area contributed by atoms with Crippen molar-refractivity contribution in [3.8, 4) is 0 Å². The number of piperidine rings is 1. The Morgan fingerprint density at radius 1 is 1.32 bits per heavy atom. The summed E-state index contributed by atoms with van der Waals surface area (Å²) >= 11 is 6.18. The second-order valence-corrected chi connectivity index (χ2v) is 7.83. The summed E-state index contributed by atoms with van der Waals surface area (Å²) in [7, 11) is -3.48. The number of halogens is 2. The molecule has 1 N–H and O–H groups in total. The van der Waals surface area contributed by atoms with Crippen LogP contribution in [0.2, 0.25) is 5.02 Å². The van der Waals surface area contributed by atoms with Crippen molar-refractivity contribution in [3.63, 3.8) is 0 Å². The quantitative estimate of drug-likeness (QED) is 0.870. The van der Waals surface area contributed by atoms with Crippen LogP contribution in [0.25, 0.3) is 0 Å². The van der Waals surface area contributed by atoms with Gasteiger partial charge >= 0.3 is 0 Å². The fourth-order valence-electron chi connectivity index (χ4n) is 2.66. The van der Waals surface area contributed by atoms with Crippen molar-refractivity contribution < 1.29 is 8.42 Å². The molecule has 22 heavy (non-hydrogen) atoms. The number of sulfonamides is 1. The van der Waals surface area contributed by atoms with Gasteiger partial charge in [-0.1, -0.05) is 30.7 Å². The molecule has 4 nitrogen and oxygen atoms in total. The fourth-order valence-corrected chi connectivity index (χ4v) is 4.69. The summed E-state index contributed by atoms with van der Waals surface area (Å²) < 4.78 is 27.0. The average Bonchev–Trinajstić information content (AvgIpc) is 2.48. The Morgan fingerprint density at radius 2 is 1.95 bits per heavy atom. The van der Waals surface area contributed by atoms with Crippen LogP contribution >= 0.6 is 24.0 Å². The summed E-state index contributed by atoms with van der Waals surface area (Å²) in [5.74, 6) is 0.560. The Labute approximate surface area is 144 Å². The topological polar surface area (TPSA) is 49.4 Å². The second-order valence-electron chi connectivity index (χ2n) is 5.54. The molecule has 0 atom stereocenters. The van der Waals surface area contributed by atoms with Crippen LogP contribution in [0.1, 0.15) is 25.3 Å². The lowest BCUT2D eigenvalue weighted by Gasteiger charge is -2.31. The monoisotopic (exact) mass is 366 g/mol. The van der Waals surface area contributed by atoms with Crippen LogP contribution in [0, 0.1) is 12.8 Å². The summed E-state index contributed by atoms with van der Waals surface area (Å²) in [5.41, 5.74) is 0.791. The number of hydrogen-bond acceptors (Lipinski definition) is 3. The average molecular weight is 367 g/mol. The van der Waals surface area contributed by atoms with Crippen LogP contribution in [0.4, 0.5) is 0 Å². The number of hydrogen-bond donors (Lipinski definition) is 1. The standard InChI is InChI=1S/C15H23ClN2O2S.ClH/c1-3-17-11-13-7-9-18(10-8-13)21(19,20)14-6-4-5-12(2)15(14)16;/h4-6,13,17H,3,7-11H2,1-2H3;1H. The normalized spacial score (nSPS) is 17.2. The Morgan fingerprint density at radius 3 is 2.55 bits per heavy atom.